The highest BCUT2D eigenvalue weighted by molar-refractivity contribution is 7.99. The van der Waals surface area contributed by atoms with Crippen molar-refractivity contribution in [1.82, 2.24) is 5.32 Å². The maximum Gasteiger partial charge on any atom is 0.233 e. The minimum Gasteiger partial charge on any atom is -0.349 e. The second kappa shape index (κ2) is 8.21. The van der Waals surface area contributed by atoms with Crippen LogP contribution >= 0.6 is 11.8 Å². The summed E-state index contributed by atoms with van der Waals surface area (Å²) in [6.45, 7) is 8.20. The fourth-order valence-corrected chi connectivity index (χ4v) is 3.45. The Balaban J connectivity index is 1.89. The summed E-state index contributed by atoms with van der Waals surface area (Å²) in [4.78, 5) is 12.4. The van der Waals surface area contributed by atoms with Crippen LogP contribution in [0, 0.1) is 13.8 Å². The monoisotopic (exact) mass is 327 g/mol. The van der Waals surface area contributed by atoms with Crippen molar-refractivity contribution < 1.29 is 4.79 Å². The molecule has 2 rings (SSSR count). The molecule has 0 spiro atoms. The normalized spacial score (nSPS) is 13.4. The molecule has 1 N–H and O–H groups in total. The fraction of sp³-hybridized carbons (Fsp3) is 0.350. The highest BCUT2D eigenvalue weighted by Gasteiger charge is 2.17. The lowest BCUT2D eigenvalue weighted by Crippen LogP contribution is -2.33. The molecular formula is C20H25NOS. The molecule has 3 heteroatoms. The average molecular weight is 327 g/mol. The third kappa shape index (κ3) is 5.14. The maximum atomic E-state index is 12.4. The van der Waals surface area contributed by atoms with Crippen LogP contribution in [0.4, 0.5) is 0 Å². The van der Waals surface area contributed by atoms with Gasteiger partial charge in [0.1, 0.15) is 0 Å². The molecule has 0 fully saturated rings. The number of benzene rings is 2. The Morgan fingerprint density at radius 1 is 1.09 bits per heavy atom. The van der Waals surface area contributed by atoms with E-state index in [1.165, 1.54) is 22.3 Å². The molecule has 0 saturated carbocycles. The van der Waals surface area contributed by atoms with Gasteiger partial charge in [-0.05, 0) is 44.4 Å². The van der Waals surface area contributed by atoms with E-state index in [4.69, 9.17) is 0 Å². The van der Waals surface area contributed by atoms with Crippen LogP contribution in [0.3, 0.4) is 0 Å². The van der Waals surface area contributed by atoms with Crippen molar-refractivity contribution in [3.05, 3.63) is 70.8 Å². The average Bonchev–Trinajstić information content (AvgIpc) is 2.53. The first-order chi connectivity index (χ1) is 11.0. The number of hydrogen-bond donors (Lipinski definition) is 1. The van der Waals surface area contributed by atoms with E-state index in [1.54, 1.807) is 11.8 Å². The van der Waals surface area contributed by atoms with E-state index in [-0.39, 0.29) is 17.2 Å². The van der Waals surface area contributed by atoms with E-state index in [0.29, 0.717) is 0 Å². The van der Waals surface area contributed by atoms with Gasteiger partial charge in [-0.2, -0.15) is 0 Å². The molecule has 2 aromatic rings. The summed E-state index contributed by atoms with van der Waals surface area (Å²) >= 11 is 1.67. The van der Waals surface area contributed by atoms with Crippen molar-refractivity contribution in [2.24, 2.45) is 0 Å². The topological polar surface area (TPSA) is 29.1 Å². The van der Waals surface area contributed by atoms with Gasteiger partial charge < -0.3 is 5.32 Å². The molecule has 0 aliphatic heterocycles. The summed E-state index contributed by atoms with van der Waals surface area (Å²) in [7, 11) is 0. The summed E-state index contributed by atoms with van der Waals surface area (Å²) < 4.78 is 0. The van der Waals surface area contributed by atoms with Gasteiger partial charge in [-0.25, -0.2) is 0 Å². The van der Waals surface area contributed by atoms with Crippen LogP contribution in [0.15, 0.2) is 48.5 Å². The van der Waals surface area contributed by atoms with E-state index in [1.807, 2.05) is 32.0 Å². The van der Waals surface area contributed by atoms with Crippen molar-refractivity contribution in [2.75, 3.05) is 0 Å². The van der Waals surface area contributed by atoms with E-state index in [9.17, 15) is 4.79 Å². The molecular weight excluding hydrogens is 302 g/mol. The molecule has 2 nitrogen and oxygen atoms in total. The van der Waals surface area contributed by atoms with Crippen molar-refractivity contribution in [3.8, 4) is 0 Å². The first-order valence-corrected chi connectivity index (χ1v) is 9.05. The predicted molar refractivity (Wildman–Crippen MR) is 99.7 cm³/mol. The van der Waals surface area contributed by atoms with Crippen LogP contribution in [0.5, 0.6) is 0 Å². The van der Waals surface area contributed by atoms with Gasteiger partial charge in [-0.1, -0.05) is 54.1 Å². The van der Waals surface area contributed by atoms with Crippen LogP contribution in [0.2, 0.25) is 0 Å². The Hall–Kier alpha value is -1.74. The van der Waals surface area contributed by atoms with E-state index in [0.717, 1.165) is 5.75 Å². The lowest BCUT2D eigenvalue weighted by Gasteiger charge is -2.19. The summed E-state index contributed by atoms with van der Waals surface area (Å²) in [5, 5.41) is 3.07. The fourth-order valence-electron chi connectivity index (χ4n) is 2.59. The van der Waals surface area contributed by atoms with Crippen molar-refractivity contribution >= 4 is 17.7 Å². The number of nitrogens with one attached hydrogen (secondary N) is 1. The zero-order chi connectivity index (χ0) is 16.8. The zero-order valence-electron chi connectivity index (χ0n) is 14.3. The molecule has 1 amide bonds. The molecule has 0 heterocycles. The summed E-state index contributed by atoms with van der Waals surface area (Å²) in [6.07, 6.45) is 0. The first-order valence-electron chi connectivity index (χ1n) is 8.00. The van der Waals surface area contributed by atoms with Gasteiger partial charge >= 0.3 is 0 Å². The highest BCUT2D eigenvalue weighted by atomic mass is 32.2. The molecule has 0 radical (unpaired) electrons. The second-order valence-corrected chi connectivity index (χ2v) is 7.36. The molecule has 2 atom stereocenters. The van der Waals surface area contributed by atoms with Crippen molar-refractivity contribution in [1.29, 1.82) is 0 Å². The summed E-state index contributed by atoms with van der Waals surface area (Å²) in [5.74, 6) is 0.950. The lowest BCUT2D eigenvalue weighted by molar-refractivity contribution is -0.120. The van der Waals surface area contributed by atoms with Gasteiger partial charge in [0.15, 0.2) is 0 Å². The Bertz CT molecular complexity index is 654. The second-order valence-electron chi connectivity index (χ2n) is 6.03. The Morgan fingerprint density at radius 2 is 1.78 bits per heavy atom. The quantitative estimate of drug-likeness (QED) is 0.825. The Morgan fingerprint density at radius 3 is 2.43 bits per heavy atom. The molecule has 0 bridgehead atoms. The molecule has 2 aromatic carbocycles. The number of carbonyl (C=O) groups excluding carboxylic acids is 1. The number of thioether (sulfide) groups is 1. The molecule has 23 heavy (non-hydrogen) atoms. The number of rotatable bonds is 6. The standard InChI is InChI=1S/C20H25NOS/c1-14-10-11-19(15(2)12-14)16(3)21-20(22)17(4)23-13-18-8-6-5-7-9-18/h5-12,16-17H,13H2,1-4H3,(H,21,22)/t16-,17+/m1/s1. The Labute approximate surface area is 143 Å². The van der Waals surface area contributed by atoms with Gasteiger partial charge in [0.2, 0.25) is 5.91 Å². The maximum absolute atomic E-state index is 12.4. The van der Waals surface area contributed by atoms with E-state index >= 15 is 0 Å². The van der Waals surface area contributed by atoms with E-state index in [2.05, 4.69) is 49.5 Å². The molecule has 0 aromatic heterocycles. The van der Waals surface area contributed by atoms with Crippen LogP contribution < -0.4 is 5.32 Å². The van der Waals surface area contributed by atoms with Gasteiger partial charge in [0, 0.05) is 5.75 Å². The first kappa shape index (κ1) is 17.6. The van der Waals surface area contributed by atoms with Crippen molar-refractivity contribution in [3.63, 3.8) is 0 Å². The predicted octanol–water partition coefficient (Wildman–Crippen LogP) is 4.80. The number of carbonyl (C=O) groups is 1. The largest absolute Gasteiger partial charge is 0.349 e. The zero-order valence-corrected chi connectivity index (χ0v) is 15.1. The van der Waals surface area contributed by atoms with Crippen molar-refractivity contribution in [2.45, 2.75) is 44.7 Å². The lowest BCUT2D eigenvalue weighted by atomic mass is 10.0. The minimum atomic E-state index is -0.0663. The van der Waals surface area contributed by atoms with Gasteiger partial charge in [-0.3, -0.25) is 4.79 Å². The molecule has 122 valence electrons. The molecule has 0 aliphatic rings. The molecule has 0 unspecified atom stereocenters. The highest BCUT2D eigenvalue weighted by Crippen LogP contribution is 2.21. The number of aryl methyl sites for hydroxylation is 2. The number of amides is 1. The molecule has 0 aliphatic carbocycles. The smallest absolute Gasteiger partial charge is 0.233 e. The molecule has 0 saturated heterocycles. The number of hydrogen-bond acceptors (Lipinski definition) is 2. The van der Waals surface area contributed by atoms with Crippen LogP contribution in [-0.4, -0.2) is 11.2 Å². The van der Waals surface area contributed by atoms with Gasteiger partial charge in [0.05, 0.1) is 11.3 Å². The third-order valence-corrected chi connectivity index (χ3v) is 5.18. The third-order valence-electron chi connectivity index (χ3n) is 3.96. The summed E-state index contributed by atoms with van der Waals surface area (Å²) in [5.41, 5.74) is 4.91. The minimum absolute atomic E-state index is 0.0304. The van der Waals surface area contributed by atoms with Crippen LogP contribution in [-0.2, 0) is 10.5 Å². The SMILES string of the molecule is Cc1ccc([C@@H](C)NC(=O)[C@H](C)SCc2ccccc2)c(C)c1. The Kier molecular flexibility index (Phi) is 6.28. The van der Waals surface area contributed by atoms with Gasteiger partial charge in [0.25, 0.3) is 0 Å². The van der Waals surface area contributed by atoms with Crippen LogP contribution in [0.1, 0.15) is 42.1 Å². The summed E-state index contributed by atoms with van der Waals surface area (Å²) in [6, 6.07) is 16.7. The van der Waals surface area contributed by atoms with Gasteiger partial charge in [-0.15, -0.1) is 11.8 Å². The van der Waals surface area contributed by atoms with E-state index < -0.39 is 0 Å². The van der Waals surface area contributed by atoms with Crippen LogP contribution in [0.25, 0.3) is 0 Å².